The van der Waals surface area contributed by atoms with Crippen molar-refractivity contribution in [1.29, 1.82) is 0 Å². The lowest BCUT2D eigenvalue weighted by atomic mass is 9.88. The summed E-state index contributed by atoms with van der Waals surface area (Å²) in [6.07, 6.45) is 0. The zero-order chi connectivity index (χ0) is 22.4. The van der Waals surface area contributed by atoms with E-state index in [0.717, 1.165) is 11.1 Å². The predicted octanol–water partition coefficient (Wildman–Crippen LogP) is 6.31. The van der Waals surface area contributed by atoms with Crippen LogP contribution in [0.2, 0.25) is 0 Å². The summed E-state index contributed by atoms with van der Waals surface area (Å²) in [6.45, 7) is 1.85. The maximum absolute atomic E-state index is 14.0. The van der Waals surface area contributed by atoms with Gasteiger partial charge in [0.15, 0.2) is 5.60 Å². The highest BCUT2D eigenvalue weighted by Crippen LogP contribution is 2.44. The summed E-state index contributed by atoms with van der Waals surface area (Å²) >= 11 is 0. The molecule has 0 bridgehead atoms. The van der Waals surface area contributed by atoms with Gasteiger partial charge in [0.1, 0.15) is 5.25 Å². The van der Waals surface area contributed by atoms with E-state index >= 15 is 0 Å². The highest BCUT2D eigenvalue weighted by molar-refractivity contribution is 7.85. The molecule has 0 saturated carbocycles. The Balaban J connectivity index is 1.87. The van der Waals surface area contributed by atoms with Crippen LogP contribution >= 0.6 is 0 Å². The standard InChI is InChI=1S/C28H24O3S/c1-28(24-18-10-4-11-19-24,31-27(29)23-16-8-3-9-17-23)26(22-14-6-2-7-15-22)32(30)25-20-12-5-13-21-25/h2-21,26H,1H3. The van der Waals surface area contributed by atoms with Gasteiger partial charge >= 0.3 is 5.97 Å². The molecule has 0 saturated heterocycles. The molecule has 3 atom stereocenters. The van der Waals surface area contributed by atoms with Gasteiger partial charge in [-0.1, -0.05) is 97.1 Å². The molecule has 0 N–H and O–H groups in total. The Morgan fingerprint density at radius 3 is 1.75 bits per heavy atom. The van der Waals surface area contributed by atoms with Crippen LogP contribution in [0.25, 0.3) is 0 Å². The quantitative estimate of drug-likeness (QED) is 0.316. The highest BCUT2D eigenvalue weighted by atomic mass is 32.2. The zero-order valence-corrected chi connectivity index (χ0v) is 18.6. The van der Waals surface area contributed by atoms with Gasteiger partial charge in [0.25, 0.3) is 0 Å². The fourth-order valence-electron chi connectivity index (χ4n) is 3.82. The topological polar surface area (TPSA) is 43.4 Å². The second-order valence-corrected chi connectivity index (χ2v) is 9.17. The van der Waals surface area contributed by atoms with Gasteiger partial charge in [0.05, 0.1) is 16.4 Å². The molecular formula is C28H24O3S. The van der Waals surface area contributed by atoms with Crippen LogP contribution < -0.4 is 0 Å². The summed E-state index contributed by atoms with van der Waals surface area (Å²) in [4.78, 5) is 13.9. The molecule has 0 amide bonds. The SMILES string of the molecule is CC(OC(=O)c1ccccc1)(c1ccccc1)C(c1ccccc1)S(=O)c1ccccc1. The van der Waals surface area contributed by atoms with Crippen LogP contribution in [0, 0.1) is 0 Å². The summed E-state index contributed by atoms with van der Waals surface area (Å²) in [5.74, 6) is -0.456. The van der Waals surface area contributed by atoms with Crippen LogP contribution in [0.3, 0.4) is 0 Å². The van der Waals surface area contributed by atoms with Crippen LogP contribution in [-0.4, -0.2) is 10.2 Å². The average molecular weight is 441 g/mol. The summed E-state index contributed by atoms with van der Waals surface area (Å²) in [5.41, 5.74) is 0.882. The Bertz CT molecular complexity index is 1180. The summed E-state index contributed by atoms with van der Waals surface area (Å²) < 4.78 is 20.2. The number of hydrogen-bond donors (Lipinski definition) is 0. The molecule has 0 aliphatic rings. The molecule has 0 radical (unpaired) electrons. The Hall–Kier alpha value is -3.50. The third-order valence-electron chi connectivity index (χ3n) is 5.45. The number of carbonyl (C=O) groups excluding carboxylic acids is 1. The molecule has 32 heavy (non-hydrogen) atoms. The lowest BCUT2D eigenvalue weighted by molar-refractivity contribution is -0.0141. The molecule has 4 heteroatoms. The van der Waals surface area contributed by atoms with Gasteiger partial charge < -0.3 is 4.74 Å². The maximum atomic E-state index is 14.0. The molecule has 0 aliphatic carbocycles. The normalized spacial score (nSPS) is 14.7. The molecule has 160 valence electrons. The minimum atomic E-state index is -1.49. The highest BCUT2D eigenvalue weighted by Gasteiger charge is 2.45. The molecule has 4 aromatic carbocycles. The first-order valence-corrected chi connectivity index (χ1v) is 11.7. The number of hydrogen-bond acceptors (Lipinski definition) is 3. The van der Waals surface area contributed by atoms with Crippen LogP contribution in [0.5, 0.6) is 0 Å². The van der Waals surface area contributed by atoms with Crippen molar-refractivity contribution in [3.8, 4) is 0 Å². The first-order chi connectivity index (χ1) is 15.6. The van der Waals surface area contributed by atoms with E-state index < -0.39 is 27.6 Å². The molecule has 3 nitrogen and oxygen atoms in total. The largest absolute Gasteiger partial charge is 0.449 e. The fraction of sp³-hybridized carbons (Fsp3) is 0.107. The van der Waals surface area contributed by atoms with Crippen molar-refractivity contribution in [1.82, 2.24) is 0 Å². The average Bonchev–Trinajstić information content (AvgIpc) is 2.86. The second kappa shape index (κ2) is 9.75. The van der Waals surface area contributed by atoms with E-state index in [0.29, 0.717) is 10.5 Å². The lowest BCUT2D eigenvalue weighted by Gasteiger charge is -2.37. The fourth-order valence-corrected chi connectivity index (χ4v) is 5.52. The maximum Gasteiger partial charge on any atom is 0.339 e. The molecule has 0 aromatic heterocycles. The van der Waals surface area contributed by atoms with E-state index in [4.69, 9.17) is 4.74 Å². The van der Waals surface area contributed by atoms with Crippen molar-refractivity contribution in [3.63, 3.8) is 0 Å². The Labute approximate surface area is 191 Å². The predicted molar refractivity (Wildman–Crippen MR) is 128 cm³/mol. The summed E-state index contributed by atoms with van der Waals surface area (Å²) in [6, 6.07) is 37.4. The van der Waals surface area contributed by atoms with Gasteiger partial charge in [0.2, 0.25) is 0 Å². The van der Waals surface area contributed by atoms with Gasteiger partial charge in [-0.2, -0.15) is 0 Å². The van der Waals surface area contributed by atoms with E-state index in [2.05, 4.69) is 0 Å². The molecule has 4 aromatic rings. The van der Waals surface area contributed by atoms with Crippen LogP contribution in [0.1, 0.15) is 33.7 Å². The molecule has 0 spiro atoms. The number of rotatable bonds is 7. The molecule has 0 aliphatic heterocycles. The minimum absolute atomic E-state index is 0.451. The van der Waals surface area contributed by atoms with E-state index in [1.807, 2.05) is 104 Å². The molecule has 0 fully saturated rings. The number of ether oxygens (including phenoxy) is 1. The number of esters is 1. The number of carbonyl (C=O) groups is 1. The van der Waals surface area contributed by atoms with Crippen molar-refractivity contribution in [2.75, 3.05) is 0 Å². The summed E-state index contributed by atoms with van der Waals surface area (Å²) in [5, 5.41) is -0.624. The molecular weight excluding hydrogens is 416 g/mol. The van der Waals surface area contributed by atoms with Gasteiger partial charge in [0, 0.05) is 4.90 Å². The molecule has 4 rings (SSSR count). The molecule has 3 unspecified atom stereocenters. The van der Waals surface area contributed by atoms with Crippen molar-refractivity contribution < 1.29 is 13.7 Å². The van der Waals surface area contributed by atoms with Crippen molar-refractivity contribution in [2.24, 2.45) is 0 Å². The smallest absolute Gasteiger partial charge is 0.339 e. The zero-order valence-electron chi connectivity index (χ0n) is 17.8. The monoisotopic (exact) mass is 440 g/mol. The summed E-state index contributed by atoms with van der Waals surface area (Å²) in [7, 11) is -1.49. The van der Waals surface area contributed by atoms with E-state index in [-0.39, 0.29) is 0 Å². The van der Waals surface area contributed by atoms with Crippen molar-refractivity contribution in [2.45, 2.75) is 22.7 Å². The van der Waals surface area contributed by atoms with E-state index in [1.165, 1.54) is 0 Å². The third-order valence-corrected chi connectivity index (χ3v) is 7.34. The van der Waals surface area contributed by atoms with Crippen LogP contribution in [0.4, 0.5) is 0 Å². The third kappa shape index (κ3) is 4.56. The Kier molecular flexibility index (Phi) is 6.62. The van der Waals surface area contributed by atoms with Crippen LogP contribution in [0.15, 0.2) is 126 Å². The first-order valence-electron chi connectivity index (χ1n) is 10.4. The van der Waals surface area contributed by atoms with Gasteiger partial charge in [-0.3, -0.25) is 4.21 Å². The van der Waals surface area contributed by atoms with Crippen molar-refractivity contribution in [3.05, 3.63) is 138 Å². The van der Waals surface area contributed by atoms with E-state index in [1.54, 1.807) is 24.3 Å². The van der Waals surface area contributed by atoms with Gasteiger partial charge in [-0.25, -0.2) is 4.79 Å². The Morgan fingerprint density at radius 1 is 0.719 bits per heavy atom. The lowest BCUT2D eigenvalue weighted by Crippen LogP contribution is -2.38. The van der Waals surface area contributed by atoms with Crippen LogP contribution in [-0.2, 0) is 21.1 Å². The minimum Gasteiger partial charge on any atom is -0.449 e. The Morgan fingerprint density at radius 2 is 1.19 bits per heavy atom. The van der Waals surface area contributed by atoms with Crippen molar-refractivity contribution >= 4 is 16.8 Å². The number of benzene rings is 4. The second-order valence-electron chi connectivity index (χ2n) is 7.63. The van der Waals surface area contributed by atoms with Gasteiger partial charge in [-0.05, 0) is 42.3 Å². The van der Waals surface area contributed by atoms with Gasteiger partial charge in [-0.15, -0.1) is 0 Å². The first kappa shape index (κ1) is 21.7. The van der Waals surface area contributed by atoms with E-state index in [9.17, 15) is 9.00 Å². The molecule has 0 heterocycles.